The summed E-state index contributed by atoms with van der Waals surface area (Å²) < 4.78 is 82.5. The largest absolute Gasteiger partial charge is 0.497 e. The van der Waals surface area contributed by atoms with Crippen LogP contribution in [0.25, 0.3) is 0 Å². The van der Waals surface area contributed by atoms with Gasteiger partial charge < -0.3 is 10.1 Å². The van der Waals surface area contributed by atoms with E-state index in [1.807, 2.05) is 0 Å². The SMILES string of the molecule is CCC(C(=O)Nc1ccc(OC)cc1)(C(F)(F)F)C(F)(F)F. The first-order chi connectivity index (χ1) is 9.99. The van der Waals surface area contributed by atoms with Crippen LogP contribution in [0.1, 0.15) is 13.3 Å². The van der Waals surface area contributed by atoms with Gasteiger partial charge in [0.2, 0.25) is 11.3 Å². The van der Waals surface area contributed by atoms with Crippen molar-refractivity contribution in [3.63, 3.8) is 0 Å². The summed E-state index contributed by atoms with van der Waals surface area (Å²) in [5, 5.41) is 1.66. The fourth-order valence-corrected chi connectivity index (χ4v) is 1.89. The predicted octanol–water partition coefficient (Wildman–Crippen LogP) is 4.15. The van der Waals surface area contributed by atoms with Gasteiger partial charge in [0, 0.05) is 5.69 Å². The number of methoxy groups -OCH3 is 1. The molecule has 22 heavy (non-hydrogen) atoms. The second-order valence-corrected chi connectivity index (χ2v) is 4.44. The molecule has 0 fully saturated rings. The van der Waals surface area contributed by atoms with E-state index in [1.54, 1.807) is 5.32 Å². The molecule has 0 aromatic heterocycles. The van der Waals surface area contributed by atoms with E-state index in [1.165, 1.54) is 19.2 Å². The van der Waals surface area contributed by atoms with E-state index in [0.29, 0.717) is 12.7 Å². The number of amides is 1. The normalized spacial score (nSPS) is 12.9. The number of carbonyl (C=O) groups is 1. The van der Waals surface area contributed by atoms with Gasteiger partial charge in [0.25, 0.3) is 0 Å². The highest BCUT2D eigenvalue weighted by atomic mass is 19.4. The zero-order valence-corrected chi connectivity index (χ0v) is 11.6. The van der Waals surface area contributed by atoms with E-state index in [4.69, 9.17) is 4.74 Å². The topological polar surface area (TPSA) is 38.3 Å². The van der Waals surface area contributed by atoms with Crippen molar-refractivity contribution < 1.29 is 35.9 Å². The second-order valence-electron chi connectivity index (χ2n) is 4.44. The van der Waals surface area contributed by atoms with Crippen LogP contribution in [0.15, 0.2) is 24.3 Å². The first-order valence-corrected chi connectivity index (χ1v) is 6.08. The summed E-state index contributed by atoms with van der Waals surface area (Å²) in [6, 6.07) is 4.88. The fraction of sp³-hybridized carbons (Fsp3) is 0.462. The number of anilines is 1. The van der Waals surface area contributed by atoms with Gasteiger partial charge >= 0.3 is 12.4 Å². The first-order valence-electron chi connectivity index (χ1n) is 6.08. The minimum Gasteiger partial charge on any atom is -0.497 e. The summed E-state index contributed by atoms with van der Waals surface area (Å²) in [4.78, 5) is 11.7. The highest BCUT2D eigenvalue weighted by molar-refractivity contribution is 5.96. The Balaban J connectivity index is 3.17. The Morgan fingerprint density at radius 2 is 1.50 bits per heavy atom. The van der Waals surface area contributed by atoms with Crippen LogP contribution < -0.4 is 10.1 Å². The van der Waals surface area contributed by atoms with Crippen LogP contribution in [0.3, 0.4) is 0 Å². The molecule has 1 aromatic rings. The fourth-order valence-electron chi connectivity index (χ4n) is 1.89. The average molecular weight is 329 g/mol. The molecule has 0 radical (unpaired) electrons. The number of hydrogen-bond donors (Lipinski definition) is 1. The number of hydrogen-bond acceptors (Lipinski definition) is 2. The molecule has 1 rings (SSSR count). The third-order valence-corrected chi connectivity index (χ3v) is 3.23. The highest BCUT2D eigenvalue weighted by Crippen LogP contribution is 2.53. The summed E-state index contributed by atoms with van der Waals surface area (Å²) in [5.41, 5.74) is -4.66. The smallest absolute Gasteiger partial charge is 0.412 e. The quantitative estimate of drug-likeness (QED) is 0.843. The van der Waals surface area contributed by atoms with Gasteiger partial charge in [0.05, 0.1) is 7.11 Å². The van der Waals surface area contributed by atoms with Crippen molar-refractivity contribution in [2.45, 2.75) is 25.7 Å². The second kappa shape index (κ2) is 6.05. The molecule has 0 aliphatic rings. The van der Waals surface area contributed by atoms with Gasteiger partial charge in [0.1, 0.15) is 5.75 Å². The van der Waals surface area contributed by atoms with Crippen molar-refractivity contribution in [1.29, 1.82) is 0 Å². The van der Waals surface area contributed by atoms with Crippen LogP contribution in [-0.2, 0) is 4.79 Å². The lowest BCUT2D eigenvalue weighted by molar-refractivity contribution is -0.324. The van der Waals surface area contributed by atoms with Gasteiger partial charge in [-0.05, 0) is 30.7 Å². The van der Waals surface area contributed by atoms with Crippen LogP contribution in [0.4, 0.5) is 32.0 Å². The summed E-state index contributed by atoms with van der Waals surface area (Å²) in [6.45, 7) is 0.661. The van der Waals surface area contributed by atoms with Crippen molar-refractivity contribution in [3.05, 3.63) is 24.3 Å². The minimum absolute atomic E-state index is 0.197. The average Bonchev–Trinajstić information content (AvgIpc) is 2.37. The molecule has 0 saturated carbocycles. The number of rotatable bonds is 4. The van der Waals surface area contributed by atoms with Crippen molar-refractivity contribution >= 4 is 11.6 Å². The molecule has 1 N–H and O–H groups in total. The molecule has 124 valence electrons. The van der Waals surface area contributed by atoms with E-state index in [9.17, 15) is 31.1 Å². The Labute approximate surface area is 122 Å². The number of alkyl halides is 6. The van der Waals surface area contributed by atoms with Crippen LogP contribution in [0, 0.1) is 5.41 Å². The molecule has 0 unspecified atom stereocenters. The molecule has 0 atom stereocenters. The van der Waals surface area contributed by atoms with Gasteiger partial charge in [-0.15, -0.1) is 0 Å². The number of benzene rings is 1. The van der Waals surface area contributed by atoms with Crippen molar-refractivity contribution in [3.8, 4) is 5.75 Å². The molecule has 0 saturated heterocycles. The van der Waals surface area contributed by atoms with Crippen LogP contribution in [0.5, 0.6) is 5.75 Å². The molecular weight excluding hydrogens is 316 g/mol. The van der Waals surface area contributed by atoms with E-state index >= 15 is 0 Å². The summed E-state index contributed by atoms with van der Waals surface area (Å²) >= 11 is 0. The molecule has 0 heterocycles. The molecule has 0 spiro atoms. The van der Waals surface area contributed by atoms with Crippen molar-refractivity contribution in [1.82, 2.24) is 0 Å². The molecule has 0 aliphatic carbocycles. The van der Waals surface area contributed by atoms with Crippen LogP contribution in [-0.4, -0.2) is 25.4 Å². The molecular formula is C13H13F6NO2. The lowest BCUT2D eigenvalue weighted by Gasteiger charge is -2.34. The van der Waals surface area contributed by atoms with Crippen LogP contribution >= 0.6 is 0 Å². The van der Waals surface area contributed by atoms with Gasteiger partial charge in [-0.3, -0.25) is 4.79 Å². The van der Waals surface area contributed by atoms with Gasteiger partial charge in [-0.25, -0.2) is 0 Å². The number of carbonyl (C=O) groups excluding carboxylic acids is 1. The standard InChI is InChI=1S/C13H13F6NO2/c1-3-11(12(14,15)16,13(17,18)19)10(21)20-8-4-6-9(22-2)7-5-8/h4-7H,3H2,1-2H3,(H,20,21). The van der Waals surface area contributed by atoms with Gasteiger partial charge in [-0.1, -0.05) is 6.92 Å². The molecule has 1 amide bonds. The zero-order valence-electron chi connectivity index (χ0n) is 11.6. The predicted molar refractivity (Wildman–Crippen MR) is 66.5 cm³/mol. The number of halogens is 6. The minimum atomic E-state index is -5.77. The molecule has 0 bridgehead atoms. The number of nitrogens with one attached hydrogen (secondary N) is 1. The van der Waals surface area contributed by atoms with E-state index in [0.717, 1.165) is 12.1 Å². The Kier molecular flexibility index (Phi) is 4.99. The van der Waals surface area contributed by atoms with E-state index in [-0.39, 0.29) is 5.69 Å². The molecule has 3 nitrogen and oxygen atoms in total. The zero-order chi connectivity index (χ0) is 17.2. The summed E-state index contributed by atoms with van der Waals surface area (Å²) in [6.07, 6.45) is -13.0. The Morgan fingerprint density at radius 1 is 1.05 bits per heavy atom. The maximum Gasteiger partial charge on any atom is 0.412 e. The third-order valence-electron chi connectivity index (χ3n) is 3.23. The molecule has 0 aliphatic heterocycles. The van der Waals surface area contributed by atoms with Gasteiger partial charge in [-0.2, -0.15) is 26.3 Å². The Hall–Kier alpha value is -1.93. The van der Waals surface area contributed by atoms with E-state index < -0.39 is 30.1 Å². The van der Waals surface area contributed by atoms with E-state index in [2.05, 4.69) is 0 Å². The van der Waals surface area contributed by atoms with Gasteiger partial charge in [0.15, 0.2) is 0 Å². The first kappa shape index (κ1) is 18.1. The molecule has 9 heteroatoms. The lowest BCUT2D eigenvalue weighted by Crippen LogP contribution is -2.57. The van der Waals surface area contributed by atoms with Crippen LogP contribution in [0.2, 0.25) is 0 Å². The molecule has 1 aromatic carbocycles. The Bertz CT molecular complexity index is 507. The summed E-state index contributed by atoms with van der Waals surface area (Å²) in [7, 11) is 1.34. The summed E-state index contributed by atoms with van der Waals surface area (Å²) in [5.74, 6) is -1.83. The monoisotopic (exact) mass is 329 g/mol. The van der Waals surface area contributed by atoms with Crippen molar-refractivity contribution in [2.75, 3.05) is 12.4 Å². The number of ether oxygens (including phenoxy) is 1. The Morgan fingerprint density at radius 3 is 1.82 bits per heavy atom. The third kappa shape index (κ3) is 3.12. The van der Waals surface area contributed by atoms with Crippen molar-refractivity contribution in [2.24, 2.45) is 5.41 Å². The lowest BCUT2D eigenvalue weighted by atomic mass is 9.82. The maximum absolute atomic E-state index is 12.9. The highest BCUT2D eigenvalue weighted by Gasteiger charge is 2.74. The maximum atomic E-state index is 12.9.